The third kappa shape index (κ3) is 3.68. The molecule has 1 saturated carbocycles. The number of nitrogens with zero attached hydrogens (tertiary/aromatic N) is 1. The summed E-state index contributed by atoms with van der Waals surface area (Å²) in [6.07, 6.45) is 6.67. The lowest BCUT2D eigenvalue weighted by atomic mass is 9.77. The Bertz CT molecular complexity index is 551. The monoisotopic (exact) mass is 327 g/mol. The predicted molar refractivity (Wildman–Crippen MR) is 80.5 cm³/mol. The van der Waals surface area contributed by atoms with Gasteiger partial charge in [-0.3, -0.25) is 0 Å². The molecule has 1 aliphatic rings. The summed E-state index contributed by atoms with van der Waals surface area (Å²) in [7, 11) is 0. The number of nitriles is 1. The third-order valence-electron chi connectivity index (χ3n) is 4.82. The zero-order valence-electron chi connectivity index (χ0n) is 13.2. The molecule has 0 amide bonds. The number of benzene rings is 1. The number of hydrogen-bond acceptors (Lipinski definition) is 1. The van der Waals surface area contributed by atoms with Crippen LogP contribution in [-0.2, 0) is 5.92 Å². The van der Waals surface area contributed by atoms with Crippen LogP contribution < -0.4 is 0 Å². The minimum atomic E-state index is -4.70. The number of rotatable bonds is 5. The predicted octanol–water partition coefficient (Wildman–Crippen LogP) is 6.01. The SMILES string of the molecule is CCCC1CCC(c2ccc(C(F)(F)C(F)(F)C#N)cc2)CC1. The normalized spacial score (nSPS) is 22.6. The fourth-order valence-corrected chi connectivity index (χ4v) is 3.41. The van der Waals surface area contributed by atoms with Crippen molar-refractivity contribution in [1.82, 2.24) is 0 Å². The Kier molecular flexibility index (Phi) is 5.33. The first-order valence-electron chi connectivity index (χ1n) is 8.09. The maximum atomic E-state index is 13.7. The van der Waals surface area contributed by atoms with E-state index in [1.165, 1.54) is 25.0 Å². The van der Waals surface area contributed by atoms with E-state index >= 15 is 0 Å². The number of halogens is 4. The van der Waals surface area contributed by atoms with Gasteiger partial charge in [0, 0.05) is 5.56 Å². The van der Waals surface area contributed by atoms with Crippen LogP contribution in [0.4, 0.5) is 17.6 Å². The molecule has 1 aliphatic carbocycles. The minimum Gasteiger partial charge on any atom is -0.193 e. The third-order valence-corrected chi connectivity index (χ3v) is 4.82. The van der Waals surface area contributed by atoms with Crippen molar-refractivity contribution < 1.29 is 17.6 Å². The van der Waals surface area contributed by atoms with Crippen LogP contribution in [0.3, 0.4) is 0 Å². The van der Waals surface area contributed by atoms with E-state index in [1.807, 2.05) is 0 Å². The van der Waals surface area contributed by atoms with Gasteiger partial charge in [0.25, 0.3) is 0 Å². The molecule has 2 rings (SSSR count). The first kappa shape index (κ1) is 17.8. The van der Waals surface area contributed by atoms with E-state index in [2.05, 4.69) is 6.92 Å². The van der Waals surface area contributed by atoms with Crippen molar-refractivity contribution in [2.45, 2.75) is 63.2 Å². The molecule has 1 nitrogen and oxygen atoms in total. The molecule has 5 heteroatoms. The molecule has 0 aliphatic heterocycles. The molecule has 0 N–H and O–H groups in total. The van der Waals surface area contributed by atoms with Gasteiger partial charge in [-0.1, -0.05) is 44.0 Å². The first-order chi connectivity index (χ1) is 10.8. The van der Waals surface area contributed by atoms with Gasteiger partial charge in [-0.2, -0.15) is 22.8 Å². The quantitative estimate of drug-likeness (QED) is 0.607. The van der Waals surface area contributed by atoms with Crippen LogP contribution in [0, 0.1) is 17.2 Å². The van der Waals surface area contributed by atoms with E-state index < -0.39 is 17.4 Å². The van der Waals surface area contributed by atoms with Crippen molar-refractivity contribution in [2.75, 3.05) is 0 Å². The van der Waals surface area contributed by atoms with Gasteiger partial charge in [0.1, 0.15) is 6.07 Å². The van der Waals surface area contributed by atoms with Crippen LogP contribution in [0.1, 0.15) is 62.5 Å². The Hall–Kier alpha value is -1.57. The van der Waals surface area contributed by atoms with Crippen LogP contribution in [-0.4, -0.2) is 5.92 Å². The molecule has 23 heavy (non-hydrogen) atoms. The summed E-state index contributed by atoms with van der Waals surface area (Å²) in [5, 5.41) is 8.24. The molecule has 0 heterocycles. The van der Waals surface area contributed by atoms with Gasteiger partial charge in [0.05, 0.1) is 0 Å². The Balaban J connectivity index is 2.08. The average Bonchev–Trinajstić information content (AvgIpc) is 2.56. The van der Waals surface area contributed by atoms with Gasteiger partial charge in [-0.25, -0.2) is 0 Å². The van der Waals surface area contributed by atoms with Crippen LogP contribution in [0.5, 0.6) is 0 Å². The Morgan fingerprint density at radius 3 is 2.09 bits per heavy atom. The number of alkyl halides is 4. The van der Waals surface area contributed by atoms with Gasteiger partial charge in [0.2, 0.25) is 0 Å². The molecule has 0 unspecified atom stereocenters. The van der Waals surface area contributed by atoms with Crippen molar-refractivity contribution in [2.24, 2.45) is 5.92 Å². The molecular weight excluding hydrogens is 306 g/mol. The van der Waals surface area contributed by atoms with Gasteiger partial charge >= 0.3 is 11.8 Å². The van der Waals surface area contributed by atoms with Gasteiger partial charge in [0.15, 0.2) is 0 Å². The first-order valence-corrected chi connectivity index (χ1v) is 8.09. The maximum Gasteiger partial charge on any atom is 0.398 e. The summed E-state index contributed by atoms with van der Waals surface area (Å²) in [5.41, 5.74) is 0.104. The van der Waals surface area contributed by atoms with Gasteiger partial charge in [-0.15, -0.1) is 0 Å². The van der Waals surface area contributed by atoms with Crippen LogP contribution in [0.15, 0.2) is 24.3 Å². The van der Waals surface area contributed by atoms with E-state index in [-0.39, 0.29) is 0 Å². The summed E-state index contributed by atoms with van der Waals surface area (Å²) in [6.45, 7) is 2.17. The lowest BCUT2D eigenvalue weighted by Crippen LogP contribution is -2.36. The zero-order valence-corrected chi connectivity index (χ0v) is 13.2. The Morgan fingerprint density at radius 2 is 1.61 bits per heavy atom. The second-order valence-electron chi connectivity index (χ2n) is 6.39. The molecule has 0 radical (unpaired) electrons. The summed E-state index contributed by atoms with van der Waals surface area (Å²) >= 11 is 0. The van der Waals surface area contributed by atoms with Crippen molar-refractivity contribution in [3.8, 4) is 6.07 Å². The molecule has 1 fully saturated rings. The molecular formula is C18H21F4N. The highest BCUT2D eigenvalue weighted by Gasteiger charge is 2.58. The Morgan fingerprint density at radius 1 is 1.04 bits per heavy atom. The largest absolute Gasteiger partial charge is 0.398 e. The Labute approximate surface area is 134 Å². The van der Waals surface area contributed by atoms with Crippen molar-refractivity contribution in [1.29, 1.82) is 5.26 Å². The minimum absolute atomic E-state index is 0.308. The summed E-state index contributed by atoms with van der Waals surface area (Å²) in [4.78, 5) is 0. The standard InChI is InChI=1S/C18H21F4N/c1-2-3-13-4-6-14(7-5-13)15-8-10-16(11-9-15)18(21,22)17(19,20)12-23/h8-11,13-14H,2-7H2,1H3. The zero-order chi connectivity index (χ0) is 17.1. The van der Waals surface area contributed by atoms with Gasteiger partial charge in [-0.05, 0) is 43.1 Å². The van der Waals surface area contributed by atoms with E-state index in [0.29, 0.717) is 12.0 Å². The summed E-state index contributed by atoms with van der Waals surface area (Å²) in [5.74, 6) is -8.12. The van der Waals surface area contributed by atoms with Crippen molar-refractivity contribution in [3.05, 3.63) is 35.4 Å². The second kappa shape index (κ2) is 6.90. The van der Waals surface area contributed by atoms with Crippen molar-refractivity contribution in [3.63, 3.8) is 0 Å². The topological polar surface area (TPSA) is 23.8 Å². The lowest BCUT2D eigenvalue weighted by Gasteiger charge is -2.29. The highest BCUT2D eigenvalue weighted by Crippen LogP contribution is 2.43. The molecule has 1 aromatic carbocycles. The molecule has 0 bridgehead atoms. The molecule has 0 aromatic heterocycles. The number of hydrogen-bond donors (Lipinski definition) is 0. The molecule has 0 atom stereocenters. The highest BCUT2D eigenvalue weighted by atomic mass is 19.3. The van der Waals surface area contributed by atoms with E-state index in [4.69, 9.17) is 5.26 Å². The van der Waals surface area contributed by atoms with Crippen molar-refractivity contribution >= 4 is 0 Å². The van der Waals surface area contributed by atoms with E-state index in [0.717, 1.165) is 49.3 Å². The van der Waals surface area contributed by atoms with Gasteiger partial charge < -0.3 is 0 Å². The van der Waals surface area contributed by atoms with Crippen LogP contribution >= 0.6 is 0 Å². The summed E-state index contributed by atoms with van der Waals surface area (Å²) < 4.78 is 53.5. The summed E-state index contributed by atoms with van der Waals surface area (Å²) in [6, 6.07) is 5.45. The lowest BCUT2D eigenvalue weighted by molar-refractivity contribution is -0.181. The second-order valence-corrected chi connectivity index (χ2v) is 6.39. The molecule has 0 saturated heterocycles. The smallest absolute Gasteiger partial charge is 0.193 e. The van der Waals surface area contributed by atoms with Crippen LogP contribution in [0.2, 0.25) is 0 Å². The molecule has 0 spiro atoms. The van der Waals surface area contributed by atoms with E-state index in [1.54, 1.807) is 0 Å². The van der Waals surface area contributed by atoms with E-state index in [9.17, 15) is 17.6 Å². The maximum absolute atomic E-state index is 13.7. The fraction of sp³-hybridized carbons (Fsp3) is 0.611. The average molecular weight is 327 g/mol. The van der Waals surface area contributed by atoms with Crippen LogP contribution in [0.25, 0.3) is 0 Å². The molecule has 126 valence electrons. The highest BCUT2D eigenvalue weighted by molar-refractivity contribution is 5.31. The molecule has 1 aromatic rings. The fourth-order valence-electron chi connectivity index (χ4n) is 3.41.